The van der Waals surface area contributed by atoms with Crippen LogP contribution in [0.3, 0.4) is 0 Å². The number of halogens is 1. The molecule has 23 heavy (non-hydrogen) atoms. The summed E-state index contributed by atoms with van der Waals surface area (Å²) in [6.07, 6.45) is 4.27. The molecule has 128 valence electrons. The third-order valence-corrected chi connectivity index (χ3v) is 6.16. The van der Waals surface area contributed by atoms with Gasteiger partial charge in [0.1, 0.15) is 5.82 Å². The number of carbonyl (C=O) groups is 1. The normalized spacial score (nSPS) is 22.1. The topological polar surface area (TPSA) is 66.5 Å². The standard InChI is InChI=1S/C16H23FN2O3S/c1-12-5-3-4-6-15(12)18-16(20)11-19(2)23(21,22)14-9-7-13(17)8-10-14/h7-10,12,15H,3-6,11H2,1-2H3,(H,18,20). The fraction of sp³-hybridized carbons (Fsp3) is 0.562. The quantitative estimate of drug-likeness (QED) is 0.891. The largest absolute Gasteiger partial charge is 0.352 e. The molecular formula is C16H23FN2O3S. The summed E-state index contributed by atoms with van der Waals surface area (Å²) in [7, 11) is -2.45. The van der Waals surface area contributed by atoms with Gasteiger partial charge in [-0.05, 0) is 43.0 Å². The summed E-state index contributed by atoms with van der Waals surface area (Å²) >= 11 is 0. The van der Waals surface area contributed by atoms with Crippen LogP contribution in [0.1, 0.15) is 32.6 Å². The van der Waals surface area contributed by atoms with Crippen molar-refractivity contribution in [2.45, 2.75) is 43.5 Å². The minimum atomic E-state index is -3.80. The van der Waals surface area contributed by atoms with E-state index in [1.165, 1.54) is 25.6 Å². The molecule has 1 saturated carbocycles. The van der Waals surface area contributed by atoms with E-state index in [0.29, 0.717) is 5.92 Å². The van der Waals surface area contributed by atoms with Crippen LogP contribution in [-0.2, 0) is 14.8 Å². The predicted molar refractivity (Wildman–Crippen MR) is 85.8 cm³/mol. The number of sulfonamides is 1. The molecule has 2 rings (SSSR count). The van der Waals surface area contributed by atoms with Crippen LogP contribution in [0, 0.1) is 11.7 Å². The predicted octanol–water partition coefficient (Wildman–Crippen LogP) is 2.14. The third kappa shape index (κ3) is 4.51. The van der Waals surface area contributed by atoms with Crippen molar-refractivity contribution in [2.24, 2.45) is 5.92 Å². The maximum absolute atomic E-state index is 12.9. The molecule has 0 spiro atoms. The molecule has 1 aromatic carbocycles. The highest BCUT2D eigenvalue weighted by Crippen LogP contribution is 2.23. The summed E-state index contributed by atoms with van der Waals surface area (Å²) in [5.74, 6) is -0.403. The first-order valence-corrected chi connectivity index (χ1v) is 9.26. The van der Waals surface area contributed by atoms with Gasteiger partial charge in [-0.2, -0.15) is 4.31 Å². The van der Waals surface area contributed by atoms with Crippen LogP contribution < -0.4 is 5.32 Å². The Hall–Kier alpha value is -1.47. The van der Waals surface area contributed by atoms with Gasteiger partial charge in [0.25, 0.3) is 0 Å². The van der Waals surface area contributed by atoms with E-state index in [4.69, 9.17) is 0 Å². The van der Waals surface area contributed by atoms with Crippen LogP contribution in [0.2, 0.25) is 0 Å². The average Bonchev–Trinajstić information content (AvgIpc) is 2.50. The minimum absolute atomic E-state index is 0.0276. The number of amides is 1. The molecule has 0 radical (unpaired) electrons. The van der Waals surface area contributed by atoms with Crippen molar-refractivity contribution < 1.29 is 17.6 Å². The van der Waals surface area contributed by atoms with Crippen LogP contribution in [0.25, 0.3) is 0 Å². The molecule has 5 nitrogen and oxygen atoms in total. The van der Waals surface area contributed by atoms with E-state index < -0.39 is 15.8 Å². The van der Waals surface area contributed by atoms with Crippen molar-refractivity contribution in [3.05, 3.63) is 30.1 Å². The Morgan fingerprint density at radius 2 is 1.87 bits per heavy atom. The number of hydrogen-bond donors (Lipinski definition) is 1. The maximum atomic E-state index is 12.9. The van der Waals surface area contributed by atoms with Crippen LogP contribution in [0.15, 0.2) is 29.2 Å². The number of hydrogen-bond acceptors (Lipinski definition) is 3. The molecule has 1 N–H and O–H groups in total. The van der Waals surface area contributed by atoms with Crippen LogP contribution >= 0.6 is 0 Å². The molecule has 0 saturated heterocycles. The molecule has 0 bridgehead atoms. The van der Waals surface area contributed by atoms with Gasteiger partial charge < -0.3 is 5.32 Å². The average molecular weight is 342 g/mol. The molecule has 0 aromatic heterocycles. The lowest BCUT2D eigenvalue weighted by Crippen LogP contribution is -2.46. The molecule has 7 heteroatoms. The zero-order chi connectivity index (χ0) is 17.0. The van der Waals surface area contributed by atoms with Crippen molar-refractivity contribution in [3.63, 3.8) is 0 Å². The van der Waals surface area contributed by atoms with Crippen LogP contribution in [-0.4, -0.2) is 38.3 Å². The smallest absolute Gasteiger partial charge is 0.243 e. The Labute approximate surface area is 136 Å². The first-order chi connectivity index (χ1) is 10.8. The van der Waals surface area contributed by atoms with Gasteiger partial charge in [-0.25, -0.2) is 12.8 Å². The van der Waals surface area contributed by atoms with Gasteiger partial charge >= 0.3 is 0 Å². The van der Waals surface area contributed by atoms with Crippen LogP contribution in [0.4, 0.5) is 4.39 Å². The van der Waals surface area contributed by atoms with E-state index in [1.54, 1.807) is 0 Å². The van der Waals surface area contributed by atoms with E-state index in [9.17, 15) is 17.6 Å². The molecule has 1 aliphatic carbocycles. The summed E-state index contributed by atoms with van der Waals surface area (Å²) in [4.78, 5) is 12.1. The highest BCUT2D eigenvalue weighted by molar-refractivity contribution is 7.89. The summed E-state index contributed by atoms with van der Waals surface area (Å²) in [6, 6.07) is 4.68. The Kier molecular flexibility index (Phi) is 5.75. The monoisotopic (exact) mass is 342 g/mol. The van der Waals surface area contributed by atoms with Crippen molar-refractivity contribution in [1.82, 2.24) is 9.62 Å². The summed E-state index contributed by atoms with van der Waals surface area (Å²) in [5.41, 5.74) is 0. The highest BCUT2D eigenvalue weighted by atomic mass is 32.2. The lowest BCUT2D eigenvalue weighted by Gasteiger charge is -2.30. The van der Waals surface area contributed by atoms with Gasteiger partial charge in [0.05, 0.1) is 11.4 Å². The zero-order valence-corrected chi connectivity index (χ0v) is 14.3. The Morgan fingerprint density at radius 1 is 1.26 bits per heavy atom. The lowest BCUT2D eigenvalue weighted by molar-refractivity contribution is -0.122. The zero-order valence-electron chi connectivity index (χ0n) is 13.5. The molecule has 2 atom stereocenters. The molecule has 2 unspecified atom stereocenters. The van der Waals surface area contributed by atoms with Gasteiger partial charge in [0.2, 0.25) is 15.9 Å². The first-order valence-electron chi connectivity index (χ1n) is 7.82. The van der Waals surface area contributed by atoms with E-state index >= 15 is 0 Å². The second-order valence-corrected chi connectivity index (χ2v) is 8.20. The van der Waals surface area contributed by atoms with Crippen LogP contribution in [0.5, 0.6) is 0 Å². The van der Waals surface area contributed by atoms with Gasteiger partial charge in [-0.3, -0.25) is 4.79 Å². The molecule has 1 aliphatic rings. The van der Waals surface area contributed by atoms with Gasteiger partial charge in [0, 0.05) is 13.1 Å². The Bertz CT molecular complexity index is 646. The fourth-order valence-electron chi connectivity index (χ4n) is 2.86. The van der Waals surface area contributed by atoms with E-state index in [0.717, 1.165) is 35.7 Å². The van der Waals surface area contributed by atoms with E-state index in [2.05, 4.69) is 12.2 Å². The number of likely N-dealkylation sites (N-methyl/N-ethyl adjacent to an activating group) is 1. The van der Waals surface area contributed by atoms with Gasteiger partial charge in [-0.1, -0.05) is 19.8 Å². The maximum Gasteiger partial charge on any atom is 0.243 e. The van der Waals surface area contributed by atoms with Gasteiger partial charge in [-0.15, -0.1) is 0 Å². The molecular weight excluding hydrogens is 319 g/mol. The van der Waals surface area contributed by atoms with Crippen molar-refractivity contribution in [2.75, 3.05) is 13.6 Å². The molecule has 1 aromatic rings. The molecule has 1 fully saturated rings. The highest BCUT2D eigenvalue weighted by Gasteiger charge is 2.26. The summed E-state index contributed by atoms with van der Waals surface area (Å²) in [6.45, 7) is 1.85. The Balaban J connectivity index is 1.98. The van der Waals surface area contributed by atoms with Crippen molar-refractivity contribution in [3.8, 4) is 0 Å². The summed E-state index contributed by atoms with van der Waals surface area (Å²) < 4.78 is 38.6. The second kappa shape index (κ2) is 7.40. The number of carbonyl (C=O) groups excluding carboxylic acids is 1. The SMILES string of the molecule is CC1CCCCC1NC(=O)CN(C)S(=O)(=O)c1ccc(F)cc1. The first kappa shape index (κ1) is 17.9. The molecule has 1 amide bonds. The summed E-state index contributed by atoms with van der Waals surface area (Å²) in [5, 5.41) is 2.93. The number of benzene rings is 1. The molecule has 0 heterocycles. The molecule has 0 aliphatic heterocycles. The Morgan fingerprint density at radius 3 is 2.48 bits per heavy atom. The van der Waals surface area contributed by atoms with E-state index in [1.807, 2.05) is 0 Å². The van der Waals surface area contributed by atoms with Crippen molar-refractivity contribution >= 4 is 15.9 Å². The number of nitrogens with one attached hydrogen (secondary N) is 1. The minimum Gasteiger partial charge on any atom is -0.352 e. The number of rotatable bonds is 5. The van der Waals surface area contributed by atoms with Gasteiger partial charge in [0.15, 0.2) is 0 Å². The lowest BCUT2D eigenvalue weighted by atomic mass is 9.86. The second-order valence-electron chi connectivity index (χ2n) is 6.15. The van der Waals surface area contributed by atoms with E-state index in [-0.39, 0.29) is 23.4 Å². The third-order valence-electron chi connectivity index (χ3n) is 4.35. The number of nitrogens with zero attached hydrogens (tertiary/aromatic N) is 1. The van der Waals surface area contributed by atoms with Crippen molar-refractivity contribution in [1.29, 1.82) is 0 Å². The fourth-order valence-corrected chi connectivity index (χ4v) is 3.98.